The van der Waals surface area contributed by atoms with Crippen molar-refractivity contribution in [1.82, 2.24) is 9.88 Å². The maximum Gasteiger partial charge on any atom is 0.348 e. The summed E-state index contributed by atoms with van der Waals surface area (Å²) in [5.74, 6) is -0.901. The molecular weight excluding hydrogens is 296 g/mol. The van der Waals surface area contributed by atoms with E-state index in [2.05, 4.69) is 23.9 Å². The number of nitrogens with zero attached hydrogens (tertiary/aromatic N) is 2. The van der Waals surface area contributed by atoms with E-state index in [1.165, 1.54) is 24.2 Å². The lowest BCUT2D eigenvalue weighted by molar-refractivity contribution is 0.0702. The molecule has 0 radical (unpaired) electrons. The molecule has 4 nitrogen and oxygen atoms in total. The maximum atomic E-state index is 11.4. The molecule has 0 aliphatic carbocycles. The molecule has 0 unspecified atom stereocenters. The average molecular weight is 318 g/mol. The third kappa shape index (κ3) is 4.39. The highest BCUT2D eigenvalue weighted by atomic mass is 32.1. The molecule has 1 aromatic carbocycles. The number of likely N-dealkylation sites (N-methyl/N-ethyl adjacent to an activating group) is 1. The van der Waals surface area contributed by atoms with Crippen LogP contribution in [-0.2, 0) is 6.42 Å². The molecule has 1 aromatic heterocycles. The Kier molecular flexibility index (Phi) is 6.10. The van der Waals surface area contributed by atoms with Crippen LogP contribution in [0.1, 0.15) is 34.4 Å². The van der Waals surface area contributed by atoms with Crippen LogP contribution in [0.3, 0.4) is 0 Å². The van der Waals surface area contributed by atoms with E-state index >= 15 is 0 Å². The predicted molar refractivity (Wildman–Crippen MR) is 90.6 cm³/mol. The van der Waals surface area contributed by atoms with Crippen molar-refractivity contribution in [2.75, 3.05) is 20.1 Å². The summed E-state index contributed by atoms with van der Waals surface area (Å²) in [5.41, 5.74) is 1.45. The molecule has 2 rings (SSSR count). The van der Waals surface area contributed by atoms with E-state index in [0.717, 1.165) is 30.1 Å². The van der Waals surface area contributed by atoms with Crippen LogP contribution >= 0.6 is 11.3 Å². The van der Waals surface area contributed by atoms with Crippen molar-refractivity contribution < 1.29 is 9.90 Å². The average Bonchev–Trinajstić information content (AvgIpc) is 2.96. The van der Waals surface area contributed by atoms with Gasteiger partial charge in [-0.2, -0.15) is 0 Å². The van der Waals surface area contributed by atoms with Crippen LogP contribution in [0.25, 0.3) is 11.3 Å². The van der Waals surface area contributed by atoms with Crippen LogP contribution < -0.4 is 0 Å². The SMILES string of the molecule is CCCCN(C)CCc1nc(-c2ccccc2)c(C(=O)O)s1. The number of aromatic nitrogens is 1. The van der Waals surface area contributed by atoms with Crippen molar-refractivity contribution >= 4 is 17.3 Å². The van der Waals surface area contributed by atoms with E-state index in [1.807, 2.05) is 30.3 Å². The lowest BCUT2D eigenvalue weighted by Gasteiger charge is -2.14. The zero-order valence-corrected chi connectivity index (χ0v) is 13.9. The topological polar surface area (TPSA) is 53.4 Å². The molecule has 1 N–H and O–H groups in total. The quantitative estimate of drug-likeness (QED) is 0.804. The van der Waals surface area contributed by atoms with Crippen molar-refractivity contribution in [2.45, 2.75) is 26.2 Å². The minimum Gasteiger partial charge on any atom is -0.477 e. The van der Waals surface area contributed by atoms with Crippen molar-refractivity contribution in [1.29, 1.82) is 0 Å². The summed E-state index contributed by atoms with van der Waals surface area (Å²) in [6, 6.07) is 9.52. The summed E-state index contributed by atoms with van der Waals surface area (Å²) >= 11 is 1.29. The molecule has 0 amide bonds. The fourth-order valence-corrected chi connectivity index (χ4v) is 3.15. The summed E-state index contributed by atoms with van der Waals surface area (Å²) < 4.78 is 0. The summed E-state index contributed by atoms with van der Waals surface area (Å²) in [7, 11) is 2.10. The summed E-state index contributed by atoms with van der Waals surface area (Å²) in [6.45, 7) is 4.15. The minimum absolute atomic E-state index is 0.331. The molecule has 0 fully saturated rings. The Labute approximate surface area is 135 Å². The second kappa shape index (κ2) is 8.06. The Morgan fingerprint density at radius 2 is 2.00 bits per heavy atom. The fraction of sp³-hybridized carbons (Fsp3) is 0.412. The monoisotopic (exact) mass is 318 g/mol. The summed E-state index contributed by atoms with van der Waals surface area (Å²) in [5, 5.41) is 10.3. The molecule has 0 bridgehead atoms. The third-order valence-corrected chi connectivity index (χ3v) is 4.62. The first-order valence-corrected chi connectivity index (χ1v) is 8.40. The number of carbonyl (C=O) groups is 1. The largest absolute Gasteiger partial charge is 0.477 e. The molecule has 5 heteroatoms. The Bertz CT molecular complexity index is 610. The molecule has 0 saturated carbocycles. The second-order valence-electron chi connectivity index (χ2n) is 5.36. The Morgan fingerprint density at radius 3 is 2.64 bits per heavy atom. The van der Waals surface area contributed by atoms with Gasteiger partial charge in [0.05, 0.1) is 10.7 Å². The Morgan fingerprint density at radius 1 is 1.27 bits per heavy atom. The number of carboxylic acid groups (broad SMARTS) is 1. The van der Waals surface area contributed by atoms with Crippen LogP contribution in [0.4, 0.5) is 0 Å². The van der Waals surface area contributed by atoms with Gasteiger partial charge in [-0.3, -0.25) is 0 Å². The lowest BCUT2D eigenvalue weighted by Crippen LogP contribution is -2.22. The van der Waals surface area contributed by atoms with Gasteiger partial charge >= 0.3 is 5.97 Å². The molecule has 0 saturated heterocycles. The van der Waals surface area contributed by atoms with Gasteiger partial charge in [-0.25, -0.2) is 9.78 Å². The number of carboxylic acids is 1. The summed E-state index contributed by atoms with van der Waals surface area (Å²) in [6.07, 6.45) is 3.16. The van der Waals surface area contributed by atoms with Gasteiger partial charge in [0, 0.05) is 18.5 Å². The number of thiazole rings is 1. The molecule has 2 aromatic rings. The van der Waals surface area contributed by atoms with Crippen LogP contribution in [0.15, 0.2) is 30.3 Å². The highest BCUT2D eigenvalue weighted by molar-refractivity contribution is 7.14. The summed E-state index contributed by atoms with van der Waals surface area (Å²) in [4.78, 5) is 18.6. The van der Waals surface area contributed by atoms with Gasteiger partial charge in [0.1, 0.15) is 4.88 Å². The van der Waals surface area contributed by atoms with Crippen LogP contribution in [0, 0.1) is 0 Å². The van der Waals surface area contributed by atoms with E-state index in [9.17, 15) is 9.90 Å². The molecule has 0 spiro atoms. The van der Waals surface area contributed by atoms with Crippen LogP contribution in [0.5, 0.6) is 0 Å². The molecule has 0 aliphatic heterocycles. The van der Waals surface area contributed by atoms with Gasteiger partial charge < -0.3 is 10.0 Å². The van der Waals surface area contributed by atoms with E-state index in [0.29, 0.717) is 10.6 Å². The standard InChI is InChI=1S/C17H22N2O2S/c1-3-4-11-19(2)12-10-14-18-15(16(22-14)17(20)21)13-8-6-5-7-9-13/h5-9H,3-4,10-12H2,1-2H3,(H,20,21). The lowest BCUT2D eigenvalue weighted by atomic mass is 10.1. The smallest absolute Gasteiger partial charge is 0.348 e. The fourth-order valence-electron chi connectivity index (χ4n) is 2.23. The van der Waals surface area contributed by atoms with Gasteiger partial charge in [0.15, 0.2) is 0 Å². The minimum atomic E-state index is -0.901. The van der Waals surface area contributed by atoms with E-state index in [4.69, 9.17) is 0 Å². The number of rotatable bonds is 8. The number of unbranched alkanes of at least 4 members (excludes halogenated alkanes) is 1. The van der Waals surface area contributed by atoms with Crippen molar-refractivity contribution in [2.24, 2.45) is 0 Å². The molecule has 118 valence electrons. The number of benzene rings is 1. The predicted octanol–water partition coefficient (Wildman–Crippen LogP) is 3.78. The van der Waals surface area contributed by atoms with Gasteiger partial charge in [-0.05, 0) is 20.0 Å². The first-order valence-electron chi connectivity index (χ1n) is 7.58. The molecule has 1 heterocycles. The second-order valence-corrected chi connectivity index (χ2v) is 6.45. The zero-order chi connectivity index (χ0) is 15.9. The van der Waals surface area contributed by atoms with E-state index in [-0.39, 0.29) is 0 Å². The zero-order valence-electron chi connectivity index (χ0n) is 13.1. The highest BCUT2D eigenvalue weighted by Crippen LogP contribution is 2.28. The molecular formula is C17H22N2O2S. The molecule has 0 atom stereocenters. The van der Waals surface area contributed by atoms with Crippen molar-refractivity contribution in [3.05, 3.63) is 40.2 Å². The van der Waals surface area contributed by atoms with Crippen LogP contribution in [-0.4, -0.2) is 41.1 Å². The first-order chi connectivity index (χ1) is 10.6. The first kappa shape index (κ1) is 16.6. The van der Waals surface area contributed by atoms with Gasteiger partial charge in [0.2, 0.25) is 0 Å². The van der Waals surface area contributed by atoms with E-state index < -0.39 is 5.97 Å². The normalized spacial score (nSPS) is 11.0. The van der Waals surface area contributed by atoms with Crippen molar-refractivity contribution in [3.8, 4) is 11.3 Å². The van der Waals surface area contributed by atoms with Gasteiger partial charge in [0.25, 0.3) is 0 Å². The number of hydrogen-bond acceptors (Lipinski definition) is 4. The number of aromatic carboxylic acids is 1. The molecule has 22 heavy (non-hydrogen) atoms. The van der Waals surface area contributed by atoms with Crippen LogP contribution in [0.2, 0.25) is 0 Å². The van der Waals surface area contributed by atoms with E-state index in [1.54, 1.807) is 0 Å². The van der Waals surface area contributed by atoms with Gasteiger partial charge in [-0.1, -0.05) is 43.7 Å². The van der Waals surface area contributed by atoms with Gasteiger partial charge in [-0.15, -0.1) is 11.3 Å². The van der Waals surface area contributed by atoms with Crippen molar-refractivity contribution in [3.63, 3.8) is 0 Å². The number of hydrogen-bond donors (Lipinski definition) is 1. The Hall–Kier alpha value is -1.72. The maximum absolute atomic E-state index is 11.4. The Balaban J connectivity index is 2.12. The molecule has 0 aliphatic rings. The third-order valence-electron chi connectivity index (χ3n) is 3.51. The highest BCUT2D eigenvalue weighted by Gasteiger charge is 2.18.